The van der Waals surface area contributed by atoms with Crippen LogP contribution >= 0.6 is 35.0 Å². The van der Waals surface area contributed by atoms with Gasteiger partial charge in [-0.15, -0.1) is 11.8 Å². The molecule has 4 aromatic carbocycles. The lowest BCUT2D eigenvalue weighted by Crippen LogP contribution is -2.30. The second-order valence-corrected chi connectivity index (χ2v) is 11.9. The van der Waals surface area contributed by atoms with Gasteiger partial charge in [0, 0.05) is 21.2 Å². The largest absolute Gasteiger partial charge is 0.493 e. The van der Waals surface area contributed by atoms with Crippen molar-refractivity contribution in [2.45, 2.75) is 17.1 Å². The van der Waals surface area contributed by atoms with E-state index in [2.05, 4.69) is 16.0 Å². The highest BCUT2D eigenvalue weighted by molar-refractivity contribution is 8.00. The second-order valence-electron chi connectivity index (χ2n) is 9.69. The fourth-order valence-electron chi connectivity index (χ4n) is 4.19. The molecule has 0 radical (unpaired) electrons. The summed E-state index contributed by atoms with van der Waals surface area (Å²) in [6.07, 6.45) is 1.51. The van der Waals surface area contributed by atoms with Crippen molar-refractivity contribution in [3.8, 4) is 17.2 Å². The number of hydrogen-bond donors (Lipinski definition) is 3. The maximum atomic E-state index is 13.5. The van der Waals surface area contributed by atoms with E-state index >= 15 is 0 Å². The van der Waals surface area contributed by atoms with Crippen molar-refractivity contribution in [3.63, 3.8) is 0 Å². The standard InChI is InChI=1S/C34H31Cl2N3O6S/c1-20(32(40)38-27-15-10-23(35)19-26(27)36)46-25-13-11-24(12-14-25)37-34(42)28(39-33(41)22-8-6-5-7-9-22)16-21-17-29(43-2)31(45-4)30(18-21)44-3/h5-20H,1-4H3,(H,37,42)(H,38,40)(H,39,41)/b28-16-. The Balaban J connectivity index is 1.51. The maximum absolute atomic E-state index is 13.5. The third-order valence-corrected chi connectivity index (χ3v) is 8.17. The second kappa shape index (κ2) is 16.1. The van der Waals surface area contributed by atoms with Crippen molar-refractivity contribution in [1.82, 2.24) is 5.32 Å². The predicted octanol–water partition coefficient (Wildman–Crippen LogP) is 7.55. The first-order valence-electron chi connectivity index (χ1n) is 13.8. The SMILES string of the molecule is COc1cc(/C=C(\NC(=O)c2ccccc2)C(=O)Nc2ccc(SC(C)C(=O)Nc3ccc(Cl)cc3Cl)cc2)cc(OC)c1OC. The number of nitrogens with one attached hydrogen (secondary N) is 3. The van der Waals surface area contributed by atoms with Gasteiger partial charge < -0.3 is 30.2 Å². The van der Waals surface area contributed by atoms with E-state index in [-0.39, 0.29) is 11.6 Å². The summed E-state index contributed by atoms with van der Waals surface area (Å²) < 4.78 is 16.3. The Morgan fingerprint density at radius 2 is 1.46 bits per heavy atom. The van der Waals surface area contributed by atoms with E-state index in [1.807, 2.05) is 0 Å². The van der Waals surface area contributed by atoms with Crippen LogP contribution in [-0.4, -0.2) is 44.3 Å². The molecule has 0 aliphatic heterocycles. The van der Waals surface area contributed by atoms with E-state index in [1.165, 1.54) is 39.2 Å². The number of halogens is 2. The summed E-state index contributed by atoms with van der Waals surface area (Å²) in [4.78, 5) is 40.1. The summed E-state index contributed by atoms with van der Waals surface area (Å²) in [5.41, 5.74) is 1.82. The fourth-order valence-corrected chi connectivity index (χ4v) is 5.52. The van der Waals surface area contributed by atoms with Crippen molar-refractivity contribution < 1.29 is 28.6 Å². The molecule has 9 nitrogen and oxygen atoms in total. The van der Waals surface area contributed by atoms with Crippen LogP contribution in [0.25, 0.3) is 6.08 Å². The highest BCUT2D eigenvalue weighted by Crippen LogP contribution is 2.38. The number of thioether (sulfide) groups is 1. The number of rotatable bonds is 12. The summed E-state index contributed by atoms with van der Waals surface area (Å²) in [6.45, 7) is 1.77. The average Bonchev–Trinajstić information content (AvgIpc) is 3.06. The Labute approximate surface area is 281 Å². The number of ether oxygens (including phenoxy) is 3. The van der Waals surface area contributed by atoms with Gasteiger partial charge >= 0.3 is 0 Å². The molecular weight excluding hydrogens is 649 g/mol. The molecule has 0 saturated carbocycles. The van der Waals surface area contributed by atoms with E-state index in [0.717, 1.165) is 4.90 Å². The van der Waals surface area contributed by atoms with Gasteiger partial charge in [-0.2, -0.15) is 0 Å². The molecule has 0 bridgehead atoms. The van der Waals surface area contributed by atoms with Gasteiger partial charge in [0.2, 0.25) is 11.7 Å². The van der Waals surface area contributed by atoms with E-state index in [1.54, 1.807) is 91.9 Å². The van der Waals surface area contributed by atoms with Crippen LogP contribution in [0.15, 0.2) is 95.5 Å². The molecule has 12 heteroatoms. The van der Waals surface area contributed by atoms with Crippen LogP contribution in [-0.2, 0) is 9.59 Å². The van der Waals surface area contributed by atoms with Crippen LogP contribution in [0.3, 0.4) is 0 Å². The summed E-state index contributed by atoms with van der Waals surface area (Å²) >= 11 is 13.5. The van der Waals surface area contributed by atoms with Crippen molar-refractivity contribution in [2.24, 2.45) is 0 Å². The van der Waals surface area contributed by atoms with Gasteiger partial charge in [0.25, 0.3) is 11.8 Å². The Morgan fingerprint density at radius 1 is 0.804 bits per heavy atom. The zero-order valence-corrected chi connectivity index (χ0v) is 27.7. The average molecular weight is 681 g/mol. The minimum absolute atomic E-state index is 0.0206. The van der Waals surface area contributed by atoms with Crippen molar-refractivity contribution >= 4 is 70.1 Å². The number of carbonyl (C=O) groups excluding carboxylic acids is 3. The first-order chi connectivity index (χ1) is 22.1. The molecule has 3 amide bonds. The molecule has 0 heterocycles. The van der Waals surface area contributed by atoms with Gasteiger partial charge in [-0.3, -0.25) is 14.4 Å². The topological polar surface area (TPSA) is 115 Å². The molecule has 0 spiro atoms. The number of methoxy groups -OCH3 is 3. The van der Waals surface area contributed by atoms with E-state index in [4.69, 9.17) is 37.4 Å². The summed E-state index contributed by atoms with van der Waals surface area (Å²) in [6, 6.07) is 23.7. The van der Waals surface area contributed by atoms with E-state index < -0.39 is 17.1 Å². The lowest BCUT2D eigenvalue weighted by Gasteiger charge is -2.15. The Hall–Kier alpha value is -4.64. The molecule has 46 heavy (non-hydrogen) atoms. The number of anilines is 2. The molecule has 1 unspecified atom stereocenters. The van der Waals surface area contributed by atoms with Gasteiger partial charge in [0.15, 0.2) is 11.5 Å². The smallest absolute Gasteiger partial charge is 0.272 e. The maximum Gasteiger partial charge on any atom is 0.272 e. The van der Waals surface area contributed by atoms with Gasteiger partial charge in [0.1, 0.15) is 5.70 Å². The van der Waals surface area contributed by atoms with Crippen LogP contribution in [0.5, 0.6) is 17.2 Å². The van der Waals surface area contributed by atoms with Crippen molar-refractivity contribution in [3.05, 3.63) is 112 Å². The monoisotopic (exact) mass is 679 g/mol. The highest BCUT2D eigenvalue weighted by atomic mass is 35.5. The Morgan fingerprint density at radius 3 is 2.04 bits per heavy atom. The number of carbonyl (C=O) groups is 3. The molecule has 238 valence electrons. The quantitative estimate of drug-likeness (QED) is 0.105. The lowest BCUT2D eigenvalue weighted by molar-refractivity contribution is -0.115. The molecule has 4 aromatic rings. The third-order valence-electron chi connectivity index (χ3n) is 6.51. The number of benzene rings is 4. The molecular formula is C34H31Cl2N3O6S. The predicted molar refractivity (Wildman–Crippen MR) is 183 cm³/mol. The van der Waals surface area contributed by atoms with Crippen LogP contribution in [0.2, 0.25) is 10.0 Å². The molecule has 3 N–H and O–H groups in total. The minimum atomic E-state index is -0.564. The molecule has 0 fully saturated rings. The van der Waals surface area contributed by atoms with Gasteiger partial charge in [-0.1, -0.05) is 41.4 Å². The van der Waals surface area contributed by atoms with Crippen molar-refractivity contribution in [1.29, 1.82) is 0 Å². The van der Waals surface area contributed by atoms with Gasteiger partial charge in [-0.05, 0) is 85.3 Å². The van der Waals surface area contributed by atoms with E-state index in [9.17, 15) is 14.4 Å². The first kappa shape index (κ1) is 34.2. The molecule has 0 saturated heterocycles. The van der Waals surface area contributed by atoms with Crippen LogP contribution in [0.4, 0.5) is 11.4 Å². The number of hydrogen-bond acceptors (Lipinski definition) is 7. The Kier molecular flexibility index (Phi) is 12.0. The van der Waals surface area contributed by atoms with Crippen LogP contribution < -0.4 is 30.2 Å². The van der Waals surface area contributed by atoms with Crippen LogP contribution in [0.1, 0.15) is 22.8 Å². The van der Waals surface area contributed by atoms with E-state index in [0.29, 0.717) is 49.8 Å². The molecule has 0 aliphatic carbocycles. The summed E-state index contributed by atoms with van der Waals surface area (Å²) in [5.74, 6) is -0.106. The molecule has 0 aliphatic rings. The molecule has 1 atom stereocenters. The zero-order chi connectivity index (χ0) is 33.2. The first-order valence-corrected chi connectivity index (χ1v) is 15.5. The number of amides is 3. The van der Waals surface area contributed by atoms with Gasteiger partial charge in [0.05, 0.1) is 37.3 Å². The Bertz CT molecular complexity index is 1730. The lowest BCUT2D eigenvalue weighted by atomic mass is 10.1. The summed E-state index contributed by atoms with van der Waals surface area (Å²) in [7, 11) is 4.46. The van der Waals surface area contributed by atoms with Crippen LogP contribution in [0, 0.1) is 0 Å². The minimum Gasteiger partial charge on any atom is -0.493 e. The summed E-state index contributed by atoms with van der Waals surface area (Å²) in [5, 5.41) is 8.71. The zero-order valence-electron chi connectivity index (χ0n) is 25.4. The fraction of sp³-hybridized carbons (Fsp3) is 0.147. The molecule has 0 aromatic heterocycles. The van der Waals surface area contributed by atoms with Gasteiger partial charge in [-0.25, -0.2) is 0 Å². The highest BCUT2D eigenvalue weighted by Gasteiger charge is 2.19. The normalized spacial score (nSPS) is 11.7. The van der Waals surface area contributed by atoms with Crippen molar-refractivity contribution in [2.75, 3.05) is 32.0 Å². The third kappa shape index (κ3) is 8.97. The molecule has 4 rings (SSSR count).